The summed E-state index contributed by atoms with van der Waals surface area (Å²) >= 11 is 3.47. The standard InChI is InChI=1S/C11H12BrNO/c1-7-6-13(2)9-4-8(12)5-10(14-3)11(7)9/h4-6H,1-3H3. The lowest BCUT2D eigenvalue weighted by Gasteiger charge is -2.04. The molecule has 0 aliphatic rings. The second kappa shape index (κ2) is 3.31. The molecule has 14 heavy (non-hydrogen) atoms. The van der Waals surface area contributed by atoms with Gasteiger partial charge in [0.2, 0.25) is 0 Å². The lowest BCUT2D eigenvalue weighted by molar-refractivity contribution is 0.419. The van der Waals surface area contributed by atoms with Gasteiger partial charge in [-0.05, 0) is 24.6 Å². The Morgan fingerprint density at radius 2 is 2.07 bits per heavy atom. The van der Waals surface area contributed by atoms with Crippen LogP contribution in [0.5, 0.6) is 5.75 Å². The van der Waals surface area contributed by atoms with Crippen LogP contribution in [-0.4, -0.2) is 11.7 Å². The van der Waals surface area contributed by atoms with Gasteiger partial charge in [0.1, 0.15) is 5.75 Å². The van der Waals surface area contributed by atoms with E-state index in [9.17, 15) is 0 Å². The molecule has 74 valence electrons. The Kier molecular flexibility index (Phi) is 2.27. The van der Waals surface area contributed by atoms with E-state index in [4.69, 9.17) is 4.74 Å². The molecule has 0 saturated heterocycles. The SMILES string of the molecule is COc1cc(Br)cc2c1c(C)cn2C. The Balaban J connectivity index is 2.90. The van der Waals surface area contributed by atoms with Crippen molar-refractivity contribution in [2.75, 3.05) is 7.11 Å². The quantitative estimate of drug-likeness (QED) is 0.761. The fourth-order valence-electron chi connectivity index (χ4n) is 1.83. The van der Waals surface area contributed by atoms with Gasteiger partial charge in [-0.25, -0.2) is 0 Å². The molecule has 1 aromatic carbocycles. The third-order valence-electron chi connectivity index (χ3n) is 2.43. The molecule has 2 aromatic rings. The fourth-order valence-corrected chi connectivity index (χ4v) is 2.25. The maximum atomic E-state index is 5.36. The number of methoxy groups -OCH3 is 1. The van der Waals surface area contributed by atoms with Gasteiger partial charge in [-0.3, -0.25) is 0 Å². The number of nitrogens with zero attached hydrogens (tertiary/aromatic N) is 1. The van der Waals surface area contributed by atoms with E-state index in [0.717, 1.165) is 10.2 Å². The monoisotopic (exact) mass is 253 g/mol. The van der Waals surface area contributed by atoms with Crippen molar-refractivity contribution in [2.45, 2.75) is 6.92 Å². The zero-order valence-corrected chi connectivity index (χ0v) is 10.1. The number of ether oxygens (including phenoxy) is 1. The summed E-state index contributed by atoms with van der Waals surface area (Å²) in [5, 5.41) is 1.19. The topological polar surface area (TPSA) is 14.2 Å². The van der Waals surface area contributed by atoms with E-state index in [-0.39, 0.29) is 0 Å². The Bertz CT molecular complexity index is 487. The molecule has 0 aliphatic carbocycles. The lowest BCUT2D eigenvalue weighted by atomic mass is 10.2. The molecule has 0 aliphatic heterocycles. The second-order valence-corrected chi connectivity index (χ2v) is 4.34. The van der Waals surface area contributed by atoms with E-state index < -0.39 is 0 Å². The van der Waals surface area contributed by atoms with Crippen LogP contribution in [0.3, 0.4) is 0 Å². The molecule has 0 bridgehead atoms. The van der Waals surface area contributed by atoms with Crippen LogP contribution < -0.4 is 4.74 Å². The summed E-state index contributed by atoms with van der Waals surface area (Å²) in [5.41, 5.74) is 2.43. The Labute approximate surface area is 91.6 Å². The molecular formula is C11H12BrNO. The largest absolute Gasteiger partial charge is 0.496 e. The highest BCUT2D eigenvalue weighted by Gasteiger charge is 2.09. The molecule has 0 spiro atoms. The van der Waals surface area contributed by atoms with Crippen LogP contribution in [0.25, 0.3) is 10.9 Å². The highest BCUT2D eigenvalue weighted by molar-refractivity contribution is 9.10. The number of aryl methyl sites for hydroxylation is 2. The number of rotatable bonds is 1. The summed E-state index contributed by atoms with van der Waals surface area (Å²) in [6.45, 7) is 2.10. The number of aromatic nitrogens is 1. The van der Waals surface area contributed by atoms with Crippen LogP contribution in [0.2, 0.25) is 0 Å². The van der Waals surface area contributed by atoms with Gasteiger partial charge in [-0.2, -0.15) is 0 Å². The summed E-state index contributed by atoms with van der Waals surface area (Å²) in [6.07, 6.45) is 2.11. The van der Waals surface area contributed by atoms with Crippen molar-refractivity contribution in [2.24, 2.45) is 7.05 Å². The predicted molar refractivity (Wildman–Crippen MR) is 61.9 cm³/mol. The lowest BCUT2D eigenvalue weighted by Crippen LogP contribution is -1.87. The minimum Gasteiger partial charge on any atom is -0.496 e. The van der Waals surface area contributed by atoms with Gasteiger partial charge in [0.05, 0.1) is 12.6 Å². The summed E-state index contributed by atoms with van der Waals surface area (Å²) < 4.78 is 8.51. The van der Waals surface area contributed by atoms with E-state index >= 15 is 0 Å². The number of fused-ring (bicyclic) bond motifs is 1. The van der Waals surface area contributed by atoms with Crippen LogP contribution in [0.15, 0.2) is 22.8 Å². The second-order valence-electron chi connectivity index (χ2n) is 3.43. The zero-order valence-electron chi connectivity index (χ0n) is 8.47. The first-order valence-electron chi connectivity index (χ1n) is 4.42. The molecule has 2 nitrogen and oxygen atoms in total. The summed E-state index contributed by atoms with van der Waals surface area (Å²) in [6, 6.07) is 4.10. The van der Waals surface area contributed by atoms with Crippen LogP contribution in [0.4, 0.5) is 0 Å². The van der Waals surface area contributed by atoms with Crippen molar-refractivity contribution in [3.05, 3.63) is 28.4 Å². The van der Waals surface area contributed by atoms with Crippen LogP contribution in [0.1, 0.15) is 5.56 Å². The minimum absolute atomic E-state index is 0.924. The first-order valence-corrected chi connectivity index (χ1v) is 5.22. The Hall–Kier alpha value is -0.960. The molecule has 1 heterocycles. The minimum atomic E-state index is 0.924. The van der Waals surface area contributed by atoms with E-state index in [1.165, 1.54) is 16.5 Å². The van der Waals surface area contributed by atoms with Crippen molar-refractivity contribution in [3.63, 3.8) is 0 Å². The van der Waals surface area contributed by atoms with Crippen molar-refractivity contribution in [3.8, 4) is 5.75 Å². The average Bonchev–Trinajstić information content (AvgIpc) is 2.41. The molecule has 0 saturated carbocycles. The van der Waals surface area contributed by atoms with Gasteiger partial charge >= 0.3 is 0 Å². The smallest absolute Gasteiger partial charge is 0.129 e. The van der Waals surface area contributed by atoms with Gasteiger partial charge in [-0.1, -0.05) is 15.9 Å². The molecular weight excluding hydrogens is 242 g/mol. The maximum absolute atomic E-state index is 5.36. The molecule has 1 aromatic heterocycles. The number of halogens is 1. The van der Waals surface area contributed by atoms with Crippen molar-refractivity contribution in [1.82, 2.24) is 4.57 Å². The first-order chi connectivity index (χ1) is 6.63. The van der Waals surface area contributed by atoms with Crippen molar-refractivity contribution in [1.29, 1.82) is 0 Å². The number of benzene rings is 1. The molecule has 0 amide bonds. The van der Waals surface area contributed by atoms with E-state index in [2.05, 4.69) is 39.7 Å². The molecule has 2 rings (SSSR count). The molecule has 0 fully saturated rings. The van der Waals surface area contributed by atoms with Crippen LogP contribution in [0, 0.1) is 6.92 Å². The van der Waals surface area contributed by atoms with Crippen molar-refractivity contribution >= 4 is 26.8 Å². The van der Waals surface area contributed by atoms with Gasteiger partial charge in [0, 0.05) is 23.1 Å². The molecule has 0 unspecified atom stereocenters. The summed E-state index contributed by atoms with van der Waals surface area (Å²) in [5.74, 6) is 0.924. The van der Waals surface area contributed by atoms with Crippen LogP contribution in [-0.2, 0) is 7.05 Å². The van der Waals surface area contributed by atoms with Gasteiger partial charge < -0.3 is 9.30 Å². The number of hydrogen-bond donors (Lipinski definition) is 0. The maximum Gasteiger partial charge on any atom is 0.129 e. The molecule has 0 atom stereocenters. The summed E-state index contributed by atoms with van der Waals surface area (Å²) in [7, 11) is 3.74. The molecule has 3 heteroatoms. The highest BCUT2D eigenvalue weighted by atomic mass is 79.9. The van der Waals surface area contributed by atoms with Crippen LogP contribution >= 0.6 is 15.9 Å². The zero-order chi connectivity index (χ0) is 10.3. The normalized spacial score (nSPS) is 10.9. The van der Waals surface area contributed by atoms with E-state index in [0.29, 0.717) is 0 Å². The third-order valence-corrected chi connectivity index (χ3v) is 2.89. The predicted octanol–water partition coefficient (Wildman–Crippen LogP) is 3.26. The fraction of sp³-hybridized carbons (Fsp3) is 0.273. The third kappa shape index (κ3) is 1.32. The number of hydrogen-bond acceptors (Lipinski definition) is 1. The van der Waals surface area contributed by atoms with E-state index in [1.807, 2.05) is 13.1 Å². The highest BCUT2D eigenvalue weighted by Crippen LogP contribution is 2.33. The Morgan fingerprint density at radius 1 is 1.36 bits per heavy atom. The first kappa shape index (κ1) is 9.59. The van der Waals surface area contributed by atoms with E-state index in [1.54, 1.807) is 7.11 Å². The molecule has 0 N–H and O–H groups in total. The van der Waals surface area contributed by atoms with Gasteiger partial charge in [0.25, 0.3) is 0 Å². The molecule has 0 radical (unpaired) electrons. The van der Waals surface area contributed by atoms with Crippen molar-refractivity contribution < 1.29 is 4.74 Å². The van der Waals surface area contributed by atoms with Gasteiger partial charge in [-0.15, -0.1) is 0 Å². The average molecular weight is 254 g/mol. The Morgan fingerprint density at radius 3 is 2.71 bits per heavy atom. The summed E-state index contributed by atoms with van der Waals surface area (Å²) in [4.78, 5) is 0. The van der Waals surface area contributed by atoms with Gasteiger partial charge in [0.15, 0.2) is 0 Å².